The van der Waals surface area contributed by atoms with Crippen LogP contribution in [0.5, 0.6) is 0 Å². The third-order valence-corrected chi connectivity index (χ3v) is 4.72. The average molecular weight is 334 g/mol. The molecule has 0 N–H and O–H groups in total. The zero-order valence-electron chi connectivity index (χ0n) is 11.0. The van der Waals surface area contributed by atoms with Gasteiger partial charge in [-0.05, 0) is 13.3 Å². The van der Waals surface area contributed by atoms with E-state index in [0.717, 1.165) is 6.07 Å². The molecular formula is C11H15ClF3NO3S. The lowest BCUT2D eigenvalue weighted by molar-refractivity contribution is -0.136. The highest BCUT2D eigenvalue weighted by Gasteiger charge is 2.37. The summed E-state index contributed by atoms with van der Waals surface area (Å²) < 4.78 is 67.5. The molecule has 0 atom stereocenters. The maximum Gasteiger partial charge on any atom is 0.402 e. The Morgan fingerprint density at radius 2 is 2.00 bits per heavy atom. The minimum Gasteiger partial charge on any atom is -0.464 e. The summed E-state index contributed by atoms with van der Waals surface area (Å²) >= 11 is 5.53. The van der Waals surface area contributed by atoms with Crippen molar-refractivity contribution in [3.8, 4) is 0 Å². The number of furan rings is 1. The normalized spacial score (nSPS) is 13.2. The van der Waals surface area contributed by atoms with Gasteiger partial charge in [-0.15, -0.1) is 11.6 Å². The van der Waals surface area contributed by atoms with Crippen LogP contribution in [0, 0.1) is 6.92 Å². The molecule has 1 rings (SSSR count). The Kier molecular flexibility index (Phi) is 5.51. The molecule has 116 valence electrons. The summed E-state index contributed by atoms with van der Waals surface area (Å²) in [6, 6.07) is 1.16. The van der Waals surface area contributed by atoms with Gasteiger partial charge < -0.3 is 4.42 Å². The van der Waals surface area contributed by atoms with Crippen molar-refractivity contribution in [3.63, 3.8) is 0 Å². The fraction of sp³-hybridized carbons (Fsp3) is 0.636. The van der Waals surface area contributed by atoms with Gasteiger partial charge in [0.2, 0.25) is 10.0 Å². The van der Waals surface area contributed by atoms with Gasteiger partial charge in [0, 0.05) is 12.6 Å². The van der Waals surface area contributed by atoms with Crippen molar-refractivity contribution in [3.05, 3.63) is 17.6 Å². The van der Waals surface area contributed by atoms with E-state index in [1.165, 1.54) is 6.92 Å². The van der Waals surface area contributed by atoms with Crippen LogP contribution in [0.2, 0.25) is 0 Å². The lowest BCUT2D eigenvalue weighted by atomic mass is 10.4. The van der Waals surface area contributed by atoms with Crippen LogP contribution in [0.15, 0.2) is 15.4 Å². The topological polar surface area (TPSA) is 50.5 Å². The summed E-state index contributed by atoms with van der Waals surface area (Å²) in [4.78, 5) is -0.272. The van der Waals surface area contributed by atoms with Crippen molar-refractivity contribution in [2.45, 2.75) is 37.2 Å². The third kappa shape index (κ3) is 4.13. The van der Waals surface area contributed by atoms with E-state index in [1.807, 2.05) is 0 Å². The highest BCUT2D eigenvalue weighted by Crippen LogP contribution is 2.27. The van der Waals surface area contributed by atoms with E-state index in [0.29, 0.717) is 4.31 Å². The van der Waals surface area contributed by atoms with Crippen molar-refractivity contribution < 1.29 is 26.0 Å². The maximum atomic E-state index is 12.5. The van der Waals surface area contributed by atoms with Gasteiger partial charge in [-0.25, -0.2) is 8.42 Å². The van der Waals surface area contributed by atoms with E-state index in [2.05, 4.69) is 0 Å². The number of sulfonamides is 1. The Morgan fingerprint density at radius 1 is 1.40 bits per heavy atom. The van der Waals surface area contributed by atoms with Crippen LogP contribution in [-0.2, 0) is 15.9 Å². The first-order valence-electron chi connectivity index (χ1n) is 5.84. The predicted molar refractivity (Wildman–Crippen MR) is 68.1 cm³/mol. The van der Waals surface area contributed by atoms with Crippen LogP contribution in [-0.4, -0.2) is 32.0 Å². The molecule has 0 amide bonds. The summed E-state index contributed by atoms with van der Waals surface area (Å²) in [6.45, 7) is 1.23. The van der Waals surface area contributed by atoms with Crippen molar-refractivity contribution in [1.82, 2.24) is 4.31 Å². The molecule has 0 fully saturated rings. The largest absolute Gasteiger partial charge is 0.464 e. The minimum absolute atomic E-state index is 0.0314. The number of nitrogens with zero attached hydrogens (tertiary/aromatic N) is 1. The molecule has 0 radical (unpaired) electrons. The fourth-order valence-corrected chi connectivity index (χ4v) is 3.55. The molecule has 0 bridgehead atoms. The number of hydrogen-bond donors (Lipinski definition) is 0. The maximum absolute atomic E-state index is 12.5. The summed E-state index contributed by atoms with van der Waals surface area (Å²) in [7, 11) is -4.26. The predicted octanol–water partition coefficient (Wildman–Crippen LogP) is 3.29. The van der Waals surface area contributed by atoms with Gasteiger partial charge >= 0.3 is 6.18 Å². The Balaban J connectivity index is 3.18. The first kappa shape index (κ1) is 17.3. The molecule has 0 saturated heterocycles. The van der Waals surface area contributed by atoms with Gasteiger partial charge in [-0.1, -0.05) is 6.92 Å². The van der Waals surface area contributed by atoms with Crippen molar-refractivity contribution in [1.29, 1.82) is 0 Å². The van der Waals surface area contributed by atoms with E-state index in [4.69, 9.17) is 16.0 Å². The number of alkyl halides is 4. The highest BCUT2D eigenvalue weighted by atomic mass is 35.5. The number of halogens is 4. The quantitative estimate of drug-likeness (QED) is 0.751. The molecule has 0 aliphatic heterocycles. The van der Waals surface area contributed by atoms with E-state index in [-0.39, 0.29) is 35.3 Å². The monoisotopic (exact) mass is 333 g/mol. The third-order valence-electron chi connectivity index (χ3n) is 2.50. The highest BCUT2D eigenvalue weighted by molar-refractivity contribution is 7.89. The van der Waals surface area contributed by atoms with Gasteiger partial charge in [0.15, 0.2) is 0 Å². The number of rotatable bonds is 6. The molecule has 0 aliphatic rings. The van der Waals surface area contributed by atoms with Crippen LogP contribution in [0.1, 0.15) is 24.9 Å². The molecule has 0 saturated carbocycles. The molecular weight excluding hydrogens is 319 g/mol. The van der Waals surface area contributed by atoms with Crippen LogP contribution in [0.3, 0.4) is 0 Å². The van der Waals surface area contributed by atoms with Crippen LogP contribution in [0.4, 0.5) is 13.2 Å². The first-order chi connectivity index (χ1) is 9.11. The van der Waals surface area contributed by atoms with Crippen molar-refractivity contribution in [2.24, 2.45) is 0 Å². The second-order valence-corrected chi connectivity index (χ2v) is 6.39. The SMILES string of the molecule is CCCN(CC(F)(F)F)S(=O)(=O)c1cc(CCl)oc1C. The summed E-state index contributed by atoms with van der Waals surface area (Å²) in [5.41, 5.74) is 0. The number of hydrogen-bond acceptors (Lipinski definition) is 3. The van der Waals surface area contributed by atoms with E-state index < -0.39 is 22.7 Å². The first-order valence-corrected chi connectivity index (χ1v) is 7.81. The molecule has 4 nitrogen and oxygen atoms in total. The van der Waals surface area contributed by atoms with Gasteiger partial charge in [-0.2, -0.15) is 17.5 Å². The molecule has 20 heavy (non-hydrogen) atoms. The van der Waals surface area contributed by atoms with Crippen LogP contribution < -0.4 is 0 Å². The average Bonchev–Trinajstić information content (AvgIpc) is 2.69. The van der Waals surface area contributed by atoms with E-state index in [9.17, 15) is 21.6 Å². The Hall–Kier alpha value is -0.730. The molecule has 0 unspecified atom stereocenters. The second-order valence-electron chi connectivity index (χ2n) is 4.22. The second kappa shape index (κ2) is 6.36. The number of aryl methyl sites for hydroxylation is 1. The lowest BCUT2D eigenvalue weighted by Gasteiger charge is -2.22. The Morgan fingerprint density at radius 3 is 2.40 bits per heavy atom. The van der Waals surface area contributed by atoms with E-state index in [1.54, 1.807) is 6.92 Å². The van der Waals surface area contributed by atoms with Crippen molar-refractivity contribution in [2.75, 3.05) is 13.1 Å². The molecule has 0 spiro atoms. The molecule has 1 heterocycles. The van der Waals surface area contributed by atoms with Crippen molar-refractivity contribution >= 4 is 21.6 Å². The van der Waals surface area contributed by atoms with Gasteiger partial charge in [0.05, 0.1) is 5.88 Å². The fourth-order valence-electron chi connectivity index (χ4n) is 1.72. The van der Waals surface area contributed by atoms with Gasteiger partial charge in [-0.3, -0.25) is 0 Å². The lowest BCUT2D eigenvalue weighted by Crippen LogP contribution is -2.39. The summed E-state index contributed by atoms with van der Waals surface area (Å²) in [6.07, 6.45) is -4.33. The molecule has 1 aromatic rings. The Bertz CT molecular complexity index is 554. The molecule has 0 aromatic carbocycles. The standard InChI is InChI=1S/C11H15ClF3NO3S/c1-3-4-16(7-11(13,14)15)20(17,18)10-5-9(6-12)19-8(10)2/h5H,3-4,6-7H2,1-2H3. The molecule has 9 heteroatoms. The zero-order valence-corrected chi connectivity index (χ0v) is 12.6. The molecule has 1 aromatic heterocycles. The van der Waals surface area contributed by atoms with Gasteiger partial charge in [0.25, 0.3) is 0 Å². The summed E-state index contributed by atoms with van der Waals surface area (Å²) in [5, 5.41) is 0. The van der Waals surface area contributed by atoms with Crippen LogP contribution in [0.25, 0.3) is 0 Å². The smallest absolute Gasteiger partial charge is 0.402 e. The minimum atomic E-state index is -4.60. The van der Waals surface area contributed by atoms with Gasteiger partial charge in [0.1, 0.15) is 23.0 Å². The van der Waals surface area contributed by atoms with E-state index >= 15 is 0 Å². The zero-order chi connectivity index (χ0) is 15.6. The Labute approximate surface area is 120 Å². The summed E-state index contributed by atoms with van der Waals surface area (Å²) in [5.74, 6) is 0.179. The molecule has 0 aliphatic carbocycles. The van der Waals surface area contributed by atoms with Crippen LogP contribution >= 0.6 is 11.6 Å².